The number of alkyl halides is 3. The maximum absolute atomic E-state index is 11.8. The van der Waals surface area contributed by atoms with Crippen LogP contribution in [0.5, 0.6) is 0 Å². The fourth-order valence-corrected chi connectivity index (χ4v) is 1.23. The van der Waals surface area contributed by atoms with Gasteiger partial charge in [-0.3, -0.25) is 4.90 Å². The molecule has 0 fully saturated rings. The minimum atomic E-state index is -4.25. The number of ether oxygens (including phenoxy) is 1. The van der Waals surface area contributed by atoms with Crippen LogP contribution in [-0.2, 0) is 4.74 Å². The number of halogens is 3. The smallest absolute Gasteiger partial charge is 0.371 e. The third-order valence-corrected chi connectivity index (χ3v) is 2.96. The first kappa shape index (κ1) is 15.7. The van der Waals surface area contributed by atoms with E-state index < -0.39 is 12.8 Å². The molecule has 0 saturated heterocycles. The summed E-state index contributed by atoms with van der Waals surface area (Å²) in [4.78, 5) is 1.93. The molecular formula is C10H21F3N2O. The van der Waals surface area contributed by atoms with Crippen LogP contribution in [-0.4, -0.2) is 50.0 Å². The summed E-state index contributed by atoms with van der Waals surface area (Å²) in [5.74, 6) is 0. The van der Waals surface area contributed by atoms with Gasteiger partial charge in [0.15, 0.2) is 0 Å². The number of likely N-dealkylation sites (N-methyl/N-ethyl adjacent to an activating group) is 1. The van der Waals surface area contributed by atoms with Crippen molar-refractivity contribution in [3.63, 3.8) is 0 Å². The van der Waals surface area contributed by atoms with Gasteiger partial charge in [0.05, 0.1) is 6.61 Å². The van der Waals surface area contributed by atoms with Crippen LogP contribution >= 0.6 is 0 Å². The van der Waals surface area contributed by atoms with E-state index in [-0.39, 0.29) is 12.1 Å². The minimum Gasteiger partial charge on any atom is -0.371 e. The van der Waals surface area contributed by atoms with Crippen molar-refractivity contribution in [2.45, 2.75) is 32.0 Å². The highest BCUT2D eigenvalue weighted by Gasteiger charge is 2.28. The summed E-state index contributed by atoms with van der Waals surface area (Å²) >= 11 is 0. The highest BCUT2D eigenvalue weighted by atomic mass is 19.4. The first-order valence-corrected chi connectivity index (χ1v) is 5.31. The highest BCUT2D eigenvalue weighted by molar-refractivity contribution is 4.83. The van der Waals surface area contributed by atoms with Crippen LogP contribution in [0.2, 0.25) is 0 Å². The predicted molar refractivity (Wildman–Crippen MR) is 57.3 cm³/mol. The van der Waals surface area contributed by atoms with Gasteiger partial charge >= 0.3 is 6.18 Å². The Hall–Kier alpha value is -0.330. The zero-order valence-electron chi connectivity index (χ0n) is 10.1. The molecule has 0 aliphatic rings. The van der Waals surface area contributed by atoms with E-state index in [9.17, 15) is 13.2 Å². The van der Waals surface area contributed by atoms with E-state index in [2.05, 4.69) is 4.74 Å². The molecule has 2 N–H and O–H groups in total. The van der Waals surface area contributed by atoms with Gasteiger partial charge in [-0.25, -0.2) is 0 Å². The molecule has 1 atom stereocenters. The van der Waals surface area contributed by atoms with Gasteiger partial charge in [-0.15, -0.1) is 0 Å². The Kier molecular flexibility index (Phi) is 6.28. The summed E-state index contributed by atoms with van der Waals surface area (Å²) in [7, 11) is 1.84. The Morgan fingerprint density at radius 2 is 1.88 bits per heavy atom. The van der Waals surface area contributed by atoms with E-state index in [1.165, 1.54) is 0 Å². The van der Waals surface area contributed by atoms with Crippen LogP contribution in [0.15, 0.2) is 0 Å². The van der Waals surface area contributed by atoms with Crippen LogP contribution in [0.4, 0.5) is 13.2 Å². The molecule has 0 aromatic rings. The lowest BCUT2D eigenvalue weighted by atomic mass is 9.97. The van der Waals surface area contributed by atoms with Crippen LogP contribution in [0.3, 0.4) is 0 Å². The Balaban J connectivity index is 3.85. The van der Waals surface area contributed by atoms with Gasteiger partial charge in [0.1, 0.15) is 6.61 Å². The number of nitrogens with two attached hydrogens (primary N) is 1. The first-order valence-electron chi connectivity index (χ1n) is 5.31. The summed E-state index contributed by atoms with van der Waals surface area (Å²) in [5, 5.41) is 0. The molecule has 16 heavy (non-hydrogen) atoms. The molecule has 0 saturated carbocycles. The van der Waals surface area contributed by atoms with Crippen molar-refractivity contribution in [2.24, 2.45) is 5.73 Å². The largest absolute Gasteiger partial charge is 0.411 e. The monoisotopic (exact) mass is 242 g/mol. The Morgan fingerprint density at radius 1 is 1.31 bits per heavy atom. The molecule has 0 aliphatic carbocycles. The lowest BCUT2D eigenvalue weighted by Crippen LogP contribution is -2.50. The van der Waals surface area contributed by atoms with Crippen LogP contribution in [0, 0.1) is 0 Å². The van der Waals surface area contributed by atoms with Gasteiger partial charge in [0.25, 0.3) is 0 Å². The van der Waals surface area contributed by atoms with Crippen molar-refractivity contribution in [1.82, 2.24) is 4.90 Å². The van der Waals surface area contributed by atoms with Crippen molar-refractivity contribution in [3.05, 3.63) is 0 Å². The summed E-state index contributed by atoms with van der Waals surface area (Å²) < 4.78 is 39.9. The van der Waals surface area contributed by atoms with E-state index in [1.807, 2.05) is 25.8 Å². The fourth-order valence-electron chi connectivity index (χ4n) is 1.23. The zero-order chi connectivity index (χ0) is 12.8. The normalized spacial score (nSPS) is 16.5. The third kappa shape index (κ3) is 5.67. The summed E-state index contributed by atoms with van der Waals surface area (Å²) in [6.07, 6.45) is -3.40. The number of hydrogen-bond donors (Lipinski definition) is 1. The topological polar surface area (TPSA) is 38.5 Å². The molecule has 0 rings (SSSR count). The maximum atomic E-state index is 11.8. The third-order valence-electron chi connectivity index (χ3n) is 2.96. The SMILES string of the molecule is CCC(C)(CN)N(C)CCOCC(F)(F)F. The lowest BCUT2D eigenvalue weighted by molar-refractivity contribution is -0.175. The Bertz CT molecular complexity index is 193. The molecule has 0 radical (unpaired) electrons. The second-order valence-corrected chi connectivity index (χ2v) is 4.14. The Labute approximate surface area is 94.7 Å². The van der Waals surface area contributed by atoms with E-state index >= 15 is 0 Å². The molecule has 0 heterocycles. The second kappa shape index (κ2) is 6.42. The molecule has 3 nitrogen and oxygen atoms in total. The second-order valence-electron chi connectivity index (χ2n) is 4.14. The molecule has 0 aromatic heterocycles. The van der Waals surface area contributed by atoms with Crippen molar-refractivity contribution in [1.29, 1.82) is 0 Å². The Morgan fingerprint density at radius 3 is 2.25 bits per heavy atom. The molecular weight excluding hydrogens is 221 g/mol. The quantitative estimate of drug-likeness (QED) is 0.689. The number of hydrogen-bond acceptors (Lipinski definition) is 3. The molecule has 1 unspecified atom stereocenters. The van der Waals surface area contributed by atoms with Crippen molar-refractivity contribution in [2.75, 3.05) is 33.4 Å². The van der Waals surface area contributed by atoms with E-state index in [1.54, 1.807) is 0 Å². The van der Waals surface area contributed by atoms with E-state index in [0.29, 0.717) is 13.1 Å². The van der Waals surface area contributed by atoms with Crippen molar-refractivity contribution < 1.29 is 17.9 Å². The number of rotatable bonds is 7. The first-order chi connectivity index (χ1) is 7.25. The van der Waals surface area contributed by atoms with Gasteiger partial charge in [-0.05, 0) is 20.4 Å². The molecule has 0 bridgehead atoms. The minimum absolute atomic E-state index is 0.0611. The van der Waals surface area contributed by atoms with E-state index in [4.69, 9.17) is 5.73 Å². The average Bonchev–Trinajstić information content (AvgIpc) is 2.21. The molecule has 0 amide bonds. The van der Waals surface area contributed by atoms with Crippen molar-refractivity contribution in [3.8, 4) is 0 Å². The molecule has 0 spiro atoms. The van der Waals surface area contributed by atoms with E-state index in [0.717, 1.165) is 6.42 Å². The summed E-state index contributed by atoms with van der Waals surface area (Å²) in [6, 6.07) is 0. The van der Waals surface area contributed by atoms with Gasteiger partial charge in [-0.1, -0.05) is 6.92 Å². The zero-order valence-corrected chi connectivity index (χ0v) is 10.1. The molecule has 0 aliphatic heterocycles. The lowest BCUT2D eigenvalue weighted by Gasteiger charge is -2.37. The van der Waals surface area contributed by atoms with Crippen LogP contribution < -0.4 is 5.73 Å². The highest BCUT2D eigenvalue weighted by Crippen LogP contribution is 2.16. The maximum Gasteiger partial charge on any atom is 0.411 e. The van der Waals surface area contributed by atoms with Crippen LogP contribution in [0.25, 0.3) is 0 Å². The predicted octanol–water partition coefficient (Wildman–Crippen LogP) is 1.62. The molecule has 0 aromatic carbocycles. The summed E-state index contributed by atoms with van der Waals surface area (Å²) in [6.45, 7) is 3.77. The van der Waals surface area contributed by atoms with Gasteiger partial charge in [0, 0.05) is 18.6 Å². The number of nitrogens with zero attached hydrogens (tertiary/aromatic N) is 1. The molecule has 6 heteroatoms. The average molecular weight is 242 g/mol. The standard InChI is InChI=1S/C10H21F3N2O/c1-4-9(2,7-14)15(3)5-6-16-8-10(11,12)13/h4-8,14H2,1-3H3. The fraction of sp³-hybridized carbons (Fsp3) is 1.00. The van der Waals surface area contributed by atoms with Crippen LogP contribution in [0.1, 0.15) is 20.3 Å². The van der Waals surface area contributed by atoms with Gasteiger partial charge in [0.2, 0.25) is 0 Å². The molecule has 98 valence electrons. The van der Waals surface area contributed by atoms with Crippen molar-refractivity contribution >= 4 is 0 Å². The van der Waals surface area contributed by atoms with Gasteiger partial charge in [-0.2, -0.15) is 13.2 Å². The summed E-state index contributed by atoms with van der Waals surface area (Å²) in [5.41, 5.74) is 5.45. The van der Waals surface area contributed by atoms with Gasteiger partial charge < -0.3 is 10.5 Å².